The van der Waals surface area contributed by atoms with E-state index in [1.54, 1.807) is 0 Å². The monoisotopic (exact) mass is 422 g/mol. The van der Waals surface area contributed by atoms with Gasteiger partial charge in [-0.05, 0) is 91.6 Å². The maximum Gasteiger partial charge on any atom is 1.00 e. The third-order valence-electron chi connectivity index (χ3n) is 9.87. The van der Waals surface area contributed by atoms with Gasteiger partial charge in [-0.15, -0.1) is 0 Å². The number of carboxylic acid groups (broad SMARTS) is 1. The van der Waals surface area contributed by atoms with Gasteiger partial charge >= 0.3 is 51.4 Å². The number of hydrogen-bond donors (Lipinski definition) is 1. The summed E-state index contributed by atoms with van der Waals surface area (Å²) in [4.78, 5) is 23.1. The van der Waals surface area contributed by atoms with Crippen LogP contribution in [0.2, 0.25) is 0 Å². The van der Waals surface area contributed by atoms with Gasteiger partial charge in [0, 0.05) is 17.8 Å². The molecular weight excluding hydrogens is 391 g/mol. The van der Waals surface area contributed by atoms with Gasteiger partial charge in [0.15, 0.2) is 5.78 Å². The van der Waals surface area contributed by atoms with E-state index in [1.807, 2.05) is 6.08 Å². The topological polar surface area (TPSA) is 77.4 Å². The molecule has 8 atom stereocenters. The molecule has 0 aliphatic heterocycles. The molecule has 1 N–H and O–H groups in total. The van der Waals surface area contributed by atoms with Crippen molar-refractivity contribution in [1.82, 2.24) is 0 Å². The first-order valence-electron chi connectivity index (χ1n) is 11.1. The zero-order valence-corrected chi connectivity index (χ0v) is 21.1. The van der Waals surface area contributed by atoms with Crippen molar-refractivity contribution in [3.8, 4) is 0 Å². The number of ketones is 1. The molecule has 5 rings (SSSR count). The predicted octanol–water partition coefficient (Wildman–Crippen LogP) is -0.194. The molecule has 0 aromatic rings. The second-order valence-electron chi connectivity index (χ2n) is 10.7. The third-order valence-corrected chi connectivity index (χ3v) is 9.87. The minimum Gasteiger partial charge on any atom is -0.550 e. The van der Waals surface area contributed by atoms with Crippen molar-refractivity contribution in [2.45, 2.75) is 70.8 Å². The zero-order chi connectivity index (χ0) is 19.9. The zero-order valence-electron chi connectivity index (χ0n) is 17.9. The Morgan fingerprint density at radius 1 is 1.21 bits per heavy atom. The summed E-state index contributed by atoms with van der Waals surface area (Å²) in [5, 5.41) is 23.0. The van der Waals surface area contributed by atoms with Crippen LogP contribution in [0.25, 0.3) is 0 Å². The summed E-state index contributed by atoms with van der Waals surface area (Å²) < 4.78 is 0. The van der Waals surface area contributed by atoms with E-state index in [2.05, 4.69) is 26.0 Å². The summed E-state index contributed by atoms with van der Waals surface area (Å²) >= 11 is 0. The minimum atomic E-state index is -1.06. The Morgan fingerprint density at radius 2 is 1.97 bits per heavy atom. The van der Waals surface area contributed by atoms with E-state index in [9.17, 15) is 19.8 Å². The molecule has 0 radical (unpaired) electrons. The Hall–Kier alpha value is 0.216. The molecule has 3 unspecified atom stereocenters. The first-order chi connectivity index (χ1) is 13.2. The maximum atomic E-state index is 12.0. The molecule has 152 valence electrons. The fourth-order valence-electron chi connectivity index (χ4n) is 8.28. The number of allylic oxidation sites excluding steroid dienone is 4. The first-order valence-corrected chi connectivity index (χ1v) is 11.1. The van der Waals surface area contributed by atoms with Crippen LogP contribution < -0.4 is 56.5 Å². The van der Waals surface area contributed by atoms with Crippen LogP contribution in [0.3, 0.4) is 0 Å². The number of carboxylic acids is 1. The molecule has 5 aliphatic carbocycles. The van der Waals surface area contributed by atoms with E-state index < -0.39 is 11.6 Å². The Morgan fingerprint density at radius 3 is 2.62 bits per heavy atom. The van der Waals surface area contributed by atoms with Gasteiger partial charge in [0.1, 0.15) is 0 Å². The summed E-state index contributed by atoms with van der Waals surface area (Å²) in [5.74, 6) is 1.24. The van der Waals surface area contributed by atoms with Crippen molar-refractivity contribution in [1.29, 1.82) is 0 Å². The smallest absolute Gasteiger partial charge is 0.550 e. The van der Waals surface area contributed by atoms with Gasteiger partial charge in [-0.3, -0.25) is 4.79 Å². The fourth-order valence-corrected chi connectivity index (χ4v) is 8.28. The third kappa shape index (κ3) is 2.94. The fraction of sp³-hybridized carbons (Fsp3) is 0.750. The molecule has 0 aromatic carbocycles. The van der Waals surface area contributed by atoms with Crippen LogP contribution in [-0.4, -0.2) is 22.5 Å². The van der Waals surface area contributed by atoms with Crippen molar-refractivity contribution < 1.29 is 71.2 Å². The van der Waals surface area contributed by atoms with Crippen LogP contribution in [0, 0.1) is 40.4 Å². The Balaban J connectivity index is 0.00000205. The second-order valence-corrected chi connectivity index (χ2v) is 10.7. The molecule has 0 heterocycles. The van der Waals surface area contributed by atoms with E-state index in [0.717, 1.165) is 32.1 Å². The molecule has 0 amide bonds. The van der Waals surface area contributed by atoms with E-state index in [-0.39, 0.29) is 80.3 Å². The van der Waals surface area contributed by atoms with E-state index in [0.29, 0.717) is 36.5 Å². The normalized spacial score (nSPS) is 49.6. The molecule has 3 fully saturated rings. The maximum absolute atomic E-state index is 12.0. The molecular formula is C24H31KO4. The van der Waals surface area contributed by atoms with Crippen LogP contribution in [0.4, 0.5) is 0 Å². The van der Waals surface area contributed by atoms with Gasteiger partial charge in [0.2, 0.25) is 0 Å². The average Bonchev–Trinajstić information content (AvgIpc) is 2.74. The molecule has 29 heavy (non-hydrogen) atoms. The number of rotatable bonds is 3. The van der Waals surface area contributed by atoms with E-state index in [4.69, 9.17) is 0 Å². The summed E-state index contributed by atoms with van der Waals surface area (Å²) in [7, 11) is 0. The summed E-state index contributed by atoms with van der Waals surface area (Å²) in [6.07, 6.45) is 12.4. The van der Waals surface area contributed by atoms with Crippen molar-refractivity contribution in [3.63, 3.8) is 0 Å². The number of carbonyl (C=O) groups excluding carboxylic acids is 2. The standard InChI is InChI=1S/C24H32O4.K/c1-22-10-7-15(25)13-14(22)3-4-16-18(22)8-11-23(2)21(16)17-5-6-19(17)24(23,28)12-9-20(26)27;/h3-4,13,16-19,21,28H,5-12H2,1-2H3,(H,26,27);/q;+1/p-1/t16?,17-,18?,19+,21?,22+,23+,24+;/m1./s1. The average molecular weight is 423 g/mol. The van der Waals surface area contributed by atoms with Crippen molar-refractivity contribution in [2.75, 3.05) is 0 Å². The van der Waals surface area contributed by atoms with Gasteiger partial charge in [0.25, 0.3) is 0 Å². The number of carbonyl (C=O) groups is 2. The van der Waals surface area contributed by atoms with Crippen LogP contribution in [0.15, 0.2) is 23.8 Å². The first kappa shape index (κ1) is 22.4. The van der Waals surface area contributed by atoms with Crippen LogP contribution in [0.5, 0.6) is 0 Å². The van der Waals surface area contributed by atoms with Gasteiger partial charge in [0.05, 0.1) is 5.60 Å². The van der Waals surface area contributed by atoms with Crippen LogP contribution >= 0.6 is 0 Å². The van der Waals surface area contributed by atoms with Gasteiger partial charge in [-0.25, -0.2) is 0 Å². The van der Waals surface area contributed by atoms with Gasteiger partial charge in [-0.2, -0.15) is 0 Å². The number of aliphatic carboxylic acids is 1. The molecule has 0 spiro atoms. The van der Waals surface area contributed by atoms with E-state index >= 15 is 0 Å². The molecule has 0 saturated heterocycles. The predicted molar refractivity (Wildman–Crippen MR) is 103 cm³/mol. The largest absolute Gasteiger partial charge is 1.00 e. The number of hydrogen-bond acceptors (Lipinski definition) is 4. The molecule has 0 bridgehead atoms. The SMILES string of the molecule is C[C@]12CCC(=O)C=C1C=CC1C2CC[C@@]2(C)C1[C@@H]1CC[C@@H]1[C@@]2(O)CCC(=O)[O-].[K+]. The van der Waals surface area contributed by atoms with Gasteiger partial charge < -0.3 is 15.0 Å². The van der Waals surface area contributed by atoms with Crippen molar-refractivity contribution in [3.05, 3.63) is 23.8 Å². The summed E-state index contributed by atoms with van der Waals surface area (Å²) in [6, 6.07) is 0. The molecule has 5 aliphatic rings. The van der Waals surface area contributed by atoms with Crippen LogP contribution in [0.1, 0.15) is 65.2 Å². The van der Waals surface area contributed by atoms with Crippen molar-refractivity contribution in [2.24, 2.45) is 40.4 Å². The molecule has 4 nitrogen and oxygen atoms in total. The van der Waals surface area contributed by atoms with E-state index in [1.165, 1.54) is 5.57 Å². The number of fused-ring (bicyclic) bond motifs is 7. The molecule has 3 saturated carbocycles. The molecule has 0 aromatic heterocycles. The molecule has 5 heteroatoms. The summed E-state index contributed by atoms with van der Waals surface area (Å²) in [6.45, 7) is 4.57. The quantitative estimate of drug-likeness (QED) is 0.640. The second kappa shape index (κ2) is 7.38. The Bertz CT molecular complexity index is 803. The Labute approximate surface area is 216 Å². The van der Waals surface area contributed by atoms with Crippen LogP contribution in [-0.2, 0) is 9.59 Å². The van der Waals surface area contributed by atoms with Crippen molar-refractivity contribution >= 4 is 11.8 Å². The number of aliphatic hydroxyl groups is 1. The van der Waals surface area contributed by atoms with Gasteiger partial charge in [-0.1, -0.05) is 26.0 Å². The summed E-state index contributed by atoms with van der Waals surface area (Å²) in [5.41, 5.74) is 0.129. The Kier molecular flexibility index (Phi) is 5.70. The minimum absolute atomic E-state index is 0.